The lowest BCUT2D eigenvalue weighted by Crippen LogP contribution is -2.34. The lowest BCUT2D eigenvalue weighted by molar-refractivity contribution is 0.0974. The molecule has 3 fully saturated rings. The van der Waals surface area contributed by atoms with Crippen molar-refractivity contribution < 1.29 is 9.26 Å². The predicted octanol–water partition coefficient (Wildman–Crippen LogP) is 1.83. The van der Waals surface area contributed by atoms with Crippen LogP contribution in [0.2, 0.25) is 0 Å². The number of rotatable bonds is 2. The van der Waals surface area contributed by atoms with E-state index in [1.54, 1.807) is 0 Å². The molecule has 5 nitrogen and oxygen atoms in total. The Kier molecular flexibility index (Phi) is 2.29. The molecule has 2 aliphatic heterocycles. The van der Waals surface area contributed by atoms with Crippen molar-refractivity contribution in [2.24, 2.45) is 5.73 Å². The van der Waals surface area contributed by atoms with Gasteiger partial charge in [0, 0.05) is 0 Å². The highest BCUT2D eigenvalue weighted by molar-refractivity contribution is 5.11. The van der Waals surface area contributed by atoms with Crippen molar-refractivity contribution in [3.63, 3.8) is 0 Å². The van der Waals surface area contributed by atoms with Gasteiger partial charge in [-0.1, -0.05) is 18.0 Å². The van der Waals surface area contributed by atoms with E-state index in [9.17, 15) is 0 Å². The third-order valence-corrected chi connectivity index (χ3v) is 4.81. The Labute approximate surface area is 106 Å². The summed E-state index contributed by atoms with van der Waals surface area (Å²) in [5.41, 5.74) is 6.01. The van der Waals surface area contributed by atoms with Crippen LogP contribution in [0.25, 0.3) is 0 Å². The first kappa shape index (κ1) is 10.9. The van der Waals surface area contributed by atoms with E-state index in [1.807, 2.05) is 0 Å². The van der Waals surface area contributed by atoms with Crippen molar-refractivity contribution in [2.45, 2.75) is 68.6 Å². The van der Waals surface area contributed by atoms with Crippen molar-refractivity contribution >= 4 is 0 Å². The molecule has 2 bridgehead atoms. The predicted molar refractivity (Wildman–Crippen MR) is 63.9 cm³/mol. The topological polar surface area (TPSA) is 74.2 Å². The van der Waals surface area contributed by atoms with E-state index >= 15 is 0 Å². The Morgan fingerprint density at radius 2 is 2.06 bits per heavy atom. The zero-order chi connectivity index (χ0) is 12.2. The lowest BCUT2D eigenvalue weighted by atomic mass is 9.89. The molecular weight excluding hydrogens is 230 g/mol. The van der Waals surface area contributed by atoms with Crippen molar-refractivity contribution in [3.05, 3.63) is 11.7 Å². The summed E-state index contributed by atoms with van der Waals surface area (Å²) in [7, 11) is 0. The minimum absolute atomic E-state index is 0.292. The van der Waals surface area contributed by atoms with Crippen LogP contribution >= 0.6 is 0 Å². The van der Waals surface area contributed by atoms with Crippen LogP contribution < -0.4 is 5.73 Å². The molecule has 3 atom stereocenters. The molecule has 2 N–H and O–H groups in total. The van der Waals surface area contributed by atoms with Gasteiger partial charge in [-0.2, -0.15) is 4.98 Å². The lowest BCUT2D eigenvalue weighted by Gasteiger charge is -2.18. The maximum Gasteiger partial charge on any atom is 0.232 e. The van der Waals surface area contributed by atoms with E-state index in [4.69, 9.17) is 15.0 Å². The Morgan fingerprint density at radius 1 is 1.22 bits per heavy atom. The summed E-state index contributed by atoms with van der Waals surface area (Å²) < 4.78 is 11.3. The summed E-state index contributed by atoms with van der Waals surface area (Å²) in [6.45, 7) is 0. The number of fused-ring (bicyclic) bond motifs is 2. The van der Waals surface area contributed by atoms with E-state index in [1.165, 1.54) is 6.42 Å². The number of ether oxygens (including phenoxy) is 1. The average Bonchev–Trinajstić information content (AvgIpc) is 3.13. The first-order chi connectivity index (χ1) is 8.74. The molecular formula is C13H19N3O2. The minimum atomic E-state index is -0.347. The highest BCUT2D eigenvalue weighted by Gasteiger charge is 2.45. The molecule has 5 heteroatoms. The average molecular weight is 249 g/mol. The molecule has 1 aliphatic carbocycles. The van der Waals surface area contributed by atoms with E-state index in [0.717, 1.165) is 44.4 Å². The Morgan fingerprint density at radius 3 is 2.72 bits per heavy atom. The third-order valence-electron chi connectivity index (χ3n) is 4.81. The Bertz CT molecular complexity index is 453. The highest BCUT2D eigenvalue weighted by Crippen LogP contribution is 2.44. The van der Waals surface area contributed by atoms with Crippen molar-refractivity contribution in [3.8, 4) is 0 Å². The molecule has 1 saturated carbocycles. The first-order valence-corrected chi connectivity index (χ1v) is 7.03. The molecule has 3 heterocycles. The fraction of sp³-hybridized carbons (Fsp3) is 0.846. The molecule has 4 rings (SSSR count). The maximum absolute atomic E-state index is 6.35. The molecule has 18 heavy (non-hydrogen) atoms. The number of nitrogens with zero attached hydrogens (tertiary/aromatic N) is 2. The van der Waals surface area contributed by atoms with Gasteiger partial charge in [-0.05, 0) is 32.1 Å². The zero-order valence-corrected chi connectivity index (χ0v) is 10.5. The fourth-order valence-corrected chi connectivity index (χ4v) is 3.72. The number of nitrogens with two attached hydrogens (primary N) is 1. The second-order valence-electron chi connectivity index (χ2n) is 6.04. The largest absolute Gasteiger partial charge is 0.374 e. The van der Waals surface area contributed by atoms with Gasteiger partial charge >= 0.3 is 0 Å². The minimum Gasteiger partial charge on any atom is -0.374 e. The van der Waals surface area contributed by atoms with Crippen LogP contribution in [0.5, 0.6) is 0 Å². The van der Waals surface area contributed by atoms with Crippen molar-refractivity contribution in [2.75, 3.05) is 0 Å². The van der Waals surface area contributed by atoms with E-state index in [0.29, 0.717) is 24.0 Å². The summed E-state index contributed by atoms with van der Waals surface area (Å²) in [4.78, 5) is 4.58. The molecule has 1 aromatic heterocycles. The standard InChI is InChI=1S/C13H19N3O2/c14-13(5-1-2-6-13)12-15-11(18-16-12)9-7-8-3-4-10(9)17-8/h8-10H,1-7,14H2. The van der Waals surface area contributed by atoms with Gasteiger partial charge in [0.25, 0.3) is 0 Å². The summed E-state index contributed by atoms with van der Waals surface area (Å²) >= 11 is 0. The molecule has 3 unspecified atom stereocenters. The molecule has 2 saturated heterocycles. The monoisotopic (exact) mass is 249 g/mol. The van der Waals surface area contributed by atoms with Gasteiger partial charge in [0.05, 0.1) is 23.7 Å². The molecule has 3 aliphatic rings. The number of hydrogen-bond donors (Lipinski definition) is 1. The van der Waals surface area contributed by atoms with Gasteiger partial charge in [0.1, 0.15) is 0 Å². The highest BCUT2D eigenvalue weighted by atomic mass is 16.5. The smallest absolute Gasteiger partial charge is 0.232 e. The van der Waals surface area contributed by atoms with E-state index in [-0.39, 0.29) is 5.54 Å². The van der Waals surface area contributed by atoms with Gasteiger partial charge in [-0.15, -0.1) is 0 Å². The molecule has 98 valence electrons. The van der Waals surface area contributed by atoms with Crippen LogP contribution in [-0.2, 0) is 10.3 Å². The van der Waals surface area contributed by atoms with Crippen molar-refractivity contribution in [1.82, 2.24) is 10.1 Å². The second-order valence-corrected chi connectivity index (χ2v) is 6.04. The summed E-state index contributed by atoms with van der Waals surface area (Å²) in [5, 5.41) is 4.13. The van der Waals surface area contributed by atoms with Crippen LogP contribution in [0.1, 0.15) is 62.6 Å². The van der Waals surface area contributed by atoms with Gasteiger partial charge in [-0.25, -0.2) is 0 Å². The Balaban J connectivity index is 1.58. The number of hydrogen-bond acceptors (Lipinski definition) is 5. The molecule has 0 radical (unpaired) electrons. The van der Waals surface area contributed by atoms with Gasteiger partial charge in [0.15, 0.2) is 5.82 Å². The van der Waals surface area contributed by atoms with Crippen LogP contribution in [0.15, 0.2) is 4.52 Å². The third kappa shape index (κ3) is 1.53. The summed E-state index contributed by atoms with van der Waals surface area (Å²) in [5.74, 6) is 1.75. The molecule has 0 amide bonds. The normalized spacial score (nSPS) is 37.5. The summed E-state index contributed by atoms with van der Waals surface area (Å²) in [6.07, 6.45) is 8.32. The molecule has 0 aromatic carbocycles. The Hall–Kier alpha value is -0.940. The first-order valence-electron chi connectivity index (χ1n) is 7.03. The number of aromatic nitrogens is 2. The van der Waals surface area contributed by atoms with Crippen LogP contribution in [0.4, 0.5) is 0 Å². The van der Waals surface area contributed by atoms with Crippen molar-refractivity contribution in [1.29, 1.82) is 0 Å². The quantitative estimate of drug-likeness (QED) is 0.865. The van der Waals surface area contributed by atoms with E-state index < -0.39 is 0 Å². The van der Waals surface area contributed by atoms with Crippen LogP contribution in [0, 0.1) is 0 Å². The molecule has 1 aromatic rings. The zero-order valence-electron chi connectivity index (χ0n) is 10.5. The van der Waals surface area contributed by atoms with E-state index in [2.05, 4.69) is 10.1 Å². The van der Waals surface area contributed by atoms with Gasteiger partial charge < -0.3 is 15.0 Å². The maximum atomic E-state index is 6.35. The fourth-order valence-electron chi connectivity index (χ4n) is 3.72. The second kappa shape index (κ2) is 3.78. The van der Waals surface area contributed by atoms with Crippen LogP contribution in [-0.4, -0.2) is 22.3 Å². The summed E-state index contributed by atoms with van der Waals surface area (Å²) in [6, 6.07) is 0. The van der Waals surface area contributed by atoms with Gasteiger partial charge in [0.2, 0.25) is 5.89 Å². The SMILES string of the molecule is NC1(c2noc(C3CC4CCC3O4)n2)CCCC1. The molecule has 0 spiro atoms. The van der Waals surface area contributed by atoms with Crippen LogP contribution in [0.3, 0.4) is 0 Å². The van der Waals surface area contributed by atoms with Gasteiger partial charge in [-0.3, -0.25) is 0 Å².